The SMILES string of the molecule is CCCCN(Cc1ccccc1)C(=O)c1cc(C=O)ccc1OCc1ccccc1. The molecule has 0 atom stereocenters. The average molecular weight is 402 g/mol. The van der Waals surface area contributed by atoms with Crippen LogP contribution in [0.3, 0.4) is 0 Å². The van der Waals surface area contributed by atoms with E-state index in [1.807, 2.05) is 65.6 Å². The number of hydrogen-bond donors (Lipinski definition) is 0. The smallest absolute Gasteiger partial charge is 0.257 e. The molecule has 30 heavy (non-hydrogen) atoms. The first-order valence-corrected chi connectivity index (χ1v) is 10.3. The van der Waals surface area contributed by atoms with Crippen molar-refractivity contribution in [2.45, 2.75) is 32.9 Å². The quantitative estimate of drug-likeness (QED) is 0.420. The minimum atomic E-state index is -0.126. The summed E-state index contributed by atoms with van der Waals surface area (Å²) in [5.41, 5.74) is 2.96. The highest BCUT2D eigenvalue weighted by molar-refractivity contribution is 5.98. The van der Waals surface area contributed by atoms with Crippen LogP contribution < -0.4 is 4.74 Å². The molecule has 0 bridgehead atoms. The molecule has 154 valence electrons. The molecule has 3 aromatic carbocycles. The summed E-state index contributed by atoms with van der Waals surface area (Å²) in [4.78, 5) is 26.7. The van der Waals surface area contributed by atoms with E-state index in [9.17, 15) is 9.59 Å². The third kappa shape index (κ3) is 5.80. The lowest BCUT2D eigenvalue weighted by Gasteiger charge is -2.24. The number of unbranched alkanes of at least 4 members (excludes halogenated alkanes) is 1. The third-order valence-electron chi connectivity index (χ3n) is 4.89. The summed E-state index contributed by atoms with van der Waals surface area (Å²) in [5.74, 6) is 0.364. The Kier molecular flexibility index (Phi) is 7.78. The van der Waals surface area contributed by atoms with Crippen molar-refractivity contribution in [3.05, 3.63) is 101 Å². The van der Waals surface area contributed by atoms with E-state index in [-0.39, 0.29) is 5.91 Å². The van der Waals surface area contributed by atoms with Crippen LogP contribution in [0.25, 0.3) is 0 Å². The molecule has 0 aliphatic rings. The van der Waals surface area contributed by atoms with Crippen molar-refractivity contribution in [2.24, 2.45) is 0 Å². The lowest BCUT2D eigenvalue weighted by atomic mass is 10.1. The van der Waals surface area contributed by atoms with Gasteiger partial charge in [-0.25, -0.2) is 0 Å². The van der Waals surface area contributed by atoms with Crippen LogP contribution in [0.5, 0.6) is 5.75 Å². The molecule has 0 aliphatic heterocycles. The fourth-order valence-electron chi connectivity index (χ4n) is 3.22. The second-order valence-corrected chi connectivity index (χ2v) is 7.21. The lowest BCUT2D eigenvalue weighted by molar-refractivity contribution is 0.0736. The van der Waals surface area contributed by atoms with Gasteiger partial charge >= 0.3 is 0 Å². The van der Waals surface area contributed by atoms with Crippen molar-refractivity contribution in [1.82, 2.24) is 4.90 Å². The Morgan fingerprint density at radius 3 is 2.23 bits per heavy atom. The number of nitrogens with zero attached hydrogens (tertiary/aromatic N) is 1. The van der Waals surface area contributed by atoms with E-state index < -0.39 is 0 Å². The van der Waals surface area contributed by atoms with Gasteiger partial charge in [-0.2, -0.15) is 0 Å². The van der Waals surface area contributed by atoms with Crippen molar-refractivity contribution in [1.29, 1.82) is 0 Å². The highest BCUT2D eigenvalue weighted by Gasteiger charge is 2.21. The van der Waals surface area contributed by atoms with E-state index in [1.54, 1.807) is 18.2 Å². The normalized spacial score (nSPS) is 10.4. The molecule has 4 nitrogen and oxygen atoms in total. The van der Waals surface area contributed by atoms with Gasteiger partial charge in [-0.15, -0.1) is 0 Å². The summed E-state index contributed by atoms with van der Waals surface area (Å²) < 4.78 is 5.99. The van der Waals surface area contributed by atoms with E-state index in [0.29, 0.717) is 36.6 Å². The highest BCUT2D eigenvalue weighted by Crippen LogP contribution is 2.24. The number of carbonyl (C=O) groups excluding carboxylic acids is 2. The van der Waals surface area contributed by atoms with Gasteiger partial charge in [0, 0.05) is 18.7 Å². The van der Waals surface area contributed by atoms with Crippen molar-refractivity contribution >= 4 is 12.2 Å². The van der Waals surface area contributed by atoms with E-state index in [2.05, 4.69) is 6.92 Å². The van der Waals surface area contributed by atoms with Crippen LogP contribution >= 0.6 is 0 Å². The number of benzene rings is 3. The fraction of sp³-hybridized carbons (Fsp3) is 0.231. The van der Waals surface area contributed by atoms with Gasteiger partial charge in [0.25, 0.3) is 5.91 Å². The predicted octanol–water partition coefficient (Wildman–Crippen LogP) is 5.52. The first-order chi connectivity index (χ1) is 14.7. The molecule has 0 saturated carbocycles. The van der Waals surface area contributed by atoms with Gasteiger partial charge in [0.1, 0.15) is 18.6 Å². The monoisotopic (exact) mass is 401 g/mol. The molecular weight excluding hydrogens is 374 g/mol. The number of hydrogen-bond acceptors (Lipinski definition) is 3. The van der Waals surface area contributed by atoms with Crippen LogP contribution in [0, 0.1) is 0 Å². The number of ether oxygens (including phenoxy) is 1. The number of rotatable bonds is 10. The number of carbonyl (C=O) groups is 2. The van der Waals surface area contributed by atoms with Crippen molar-refractivity contribution in [3.63, 3.8) is 0 Å². The zero-order valence-corrected chi connectivity index (χ0v) is 17.3. The van der Waals surface area contributed by atoms with Crippen LogP contribution in [0.4, 0.5) is 0 Å². The molecule has 3 rings (SSSR count). The Morgan fingerprint density at radius 2 is 1.60 bits per heavy atom. The van der Waals surface area contributed by atoms with Crippen LogP contribution in [-0.4, -0.2) is 23.6 Å². The molecule has 0 N–H and O–H groups in total. The Bertz CT molecular complexity index is 955. The van der Waals surface area contributed by atoms with Crippen molar-refractivity contribution in [2.75, 3.05) is 6.54 Å². The Hall–Kier alpha value is -3.40. The Balaban J connectivity index is 1.86. The second kappa shape index (κ2) is 11.0. The molecular formula is C26H27NO3. The van der Waals surface area contributed by atoms with Gasteiger partial charge in [0.05, 0.1) is 5.56 Å². The molecule has 0 saturated heterocycles. The van der Waals surface area contributed by atoms with Crippen molar-refractivity contribution < 1.29 is 14.3 Å². The molecule has 0 radical (unpaired) electrons. The first-order valence-electron chi connectivity index (χ1n) is 10.3. The van der Waals surface area contributed by atoms with Gasteiger partial charge in [0.15, 0.2) is 0 Å². The summed E-state index contributed by atoms with van der Waals surface area (Å²) in [6.07, 6.45) is 2.65. The standard InChI is InChI=1S/C26H27NO3/c1-2-3-16-27(18-21-10-6-4-7-11-21)26(29)24-17-23(19-28)14-15-25(24)30-20-22-12-8-5-9-13-22/h4-15,17,19H,2-3,16,18,20H2,1H3. The average Bonchev–Trinajstić information content (AvgIpc) is 2.81. The fourth-order valence-corrected chi connectivity index (χ4v) is 3.22. The summed E-state index contributed by atoms with van der Waals surface area (Å²) in [7, 11) is 0. The van der Waals surface area contributed by atoms with Crippen LogP contribution in [0.15, 0.2) is 78.9 Å². The first kappa shape index (κ1) is 21.3. The maximum Gasteiger partial charge on any atom is 0.257 e. The second-order valence-electron chi connectivity index (χ2n) is 7.21. The van der Waals surface area contributed by atoms with E-state index in [4.69, 9.17) is 4.74 Å². The third-order valence-corrected chi connectivity index (χ3v) is 4.89. The van der Waals surface area contributed by atoms with E-state index in [1.165, 1.54) is 0 Å². The maximum atomic E-state index is 13.5. The Morgan fingerprint density at radius 1 is 0.933 bits per heavy atom. The molecule has 1 amide bonds. The van der Waals surface area contributed by atoms with E-state index in [0.717, 1.165) is 30.3 Å². The molecule has 0 unspecified atom stereocenters. The molecule has 3 aromatic rings. The van der Waals surface area contributed by atoms with Gasteiger partial charge in [0.2, 0.25) is 0 Å². The Labute approximate surface area is 178 Å². The van der Waals surface area contributed by atoms with Crippen LogP contribution in [-0.2, 0) is 13.2 Å². The zero-order valence-electron chi connectivity index (χ0n) is 17.3. The minimum absolute atomic E-state index is 0.126. The van der Waals surface area contributed by atoms with Gasteiger partial charge < -0.3 is 9.64 Å². The summed E-state index contributed by atoms with van der Waals surface area (Å²) in [6.45, 7) is 3.62. The largest absolute Gasteiger partial charge is 0.488 e. The van der Waals surface area contributed by atoms with Gasteiger partial charge in [-0.05, 0) is 35.7 Å². The number of amides is 1. The molecule has 0 heterocycles. The number of aldehydes is 1. The van der Waals surface area contributed by atoms with Crippen LogP contribution in [0.2, 0.25) is 0 Å². The lowest BCUT2D eigenvalue weighted by Crippen LogP contribution is -2.32. The zero-order chi connectivity index (χ0) is 21.2. The summed E-state index contributed by atoms with van der Waals surface area (Å²) >= 11 is 0. The highest BCUT2D eigenvalue weighted by atomic mass is 16.5. The molecule has 0 spiro atoms. The molecule has 4 heteroatoms. The van der Waals surface area contributed by atoms with Gasteiger partial charge in [-0.1, -0.05) is 74.0 Å². The van der Waals surface area contributed by atoms with Crippen molar-refractivity contribution in [3.8, 4) is 5.75 Å². The van der Waals surface area contributed by atoms with Crippen LogP contribution in [0.1, 0.15) is 51.6 Å². The minimum Gasteiger partial charge on any atom is -0.488 e. The predicted molar refractivity (Wildman–Crippen MR) is 119 cm³/mol. The topological polar surface area (TPSA) is 46.6 Å². The maximum absolute atomic E-state index is 13.5. The summed E-state index contributed by atoms with van der Waals surface area (Å²) in [6, 6.07) is 24.8. The van der Waals surface area contributed by atoms with Gasteiger partial charge in [-0.3, -0.25) is 9.59 Å². The summed E-state index contributed by atoms with van der Waals surface area (Å²) in [5, 5.41) is 0. The van der Waals surface area contributed by atoms with E-state index >= 15 is 0 Å². The molecule has 0 aliphatic carbocycles. The molecule has 0 aromatic heterocycles. The molecule has 0 fully saturated rings.